The Kier molecular flexibility index (Phi) is 6.46. The lowest BCUT2D eigenvalue weighted by atomic mass is 9.94. The van der Waals surface area contributed by atoms with Crippen molar-refractivity contribution in [2.45, 2.75) is 42.5 Å². The van der Waals surface area contributed by atoms with E-state index in [4.69, 9.17) is 9.47 Å². The monoisotopic (exact) mass is 510 g/mol. The summed E-state index contributed by atoms with van der Waals surface area (Å²) in [6.45, 7) is 1.73. The Morgan fingerprint density at radius 2 is 1.78 bits per heavy atom. The van der Waals surface area contributed by atoms with E-state index in [0.717, 1.165) is 29.5 Å². The number of sulfonamides is 1. The second-order valence-electron chi connectivity index (χ2n) is 9.12. The molecule has 8 nitrogen and oxygen atoms in total. The molecule has 1 fully saturated rings. The fourth-order valence-electron chi connectivity index (χ4n) is 4.36. The molecule has 3 aromatic rings. The highest BCUT2D eigenvalue weighted by Gasteiger charge is 2.51. The molecule has 0 saturated heterocycles. The van der Waals surface area contributed by atoms with Crippen LogP contribution in [-0.2, 0) is 20.2 Å². The average Bonchev–Trinajstić information content (AvgIpc) is 3.58. The highest BCUT2D eigenvalue weighted by Crippen LogP contribution is 2.51. The number of hydrogen-bond donors (Lipinski definition) is 3. The van der Waals surface area contributed by atoms with Crippen LogP contribution >= 0.6 is 0 Å². The first kappa shape index (κ1) is 24.3. The summed E-state index contributed by atoms with van der Waals surface area (Å²) in [5, 5.41) is 12.4. The molecule has 3 N–H and O–H groups in total. The summed E-state index contributed by atoms with van der Waals surface area (Å²) < 4.78 is 38.5. The second-order valence-corrected chi connectivity index (χ2v) is 10.8. The van der Waals surface area contributed by atoms with Gasteiger partial charge in [-0.15, -0.1) is 0 Å². The predicted molar refractivity (Wildman–Crippen MR) is 138 cm³/mol. The number of benzene rings is 3. The summed E-state index contributed by atoms with van der Waals surface area (Å²) in [6.07, 6.45) is 2.01. The number of rotatable bonds is 9. The third-order valence-electron chi connectivity index (χ3n) is 6.76. The van der Waals surface area contributed by atoms with E-state index in [0.29, 0.717) is 23.6 Å². The van der Waals surface area contributed by atoms with E-state index < -0.39 is 21.5 Å². The van der Waals surface area contributed by atoms with Gasteiger partial charge in [0.05, 0.1) is 16.9 Å². The van der Waals surface area contributed by atoms with Crippen molar-refractivity contribution in [1.29, 1.82) is 0 Å². The molecule has 1 atom stereocenters. The Hall–Kier alpha value is -3.40. The van der Waals surface area contributed by atoms with Gasteiger partial charge in [-0.3, -0.25) is 4.79 Å². The number of carbonyl (C=O) groups is 1. The Morgan fingerprint density at radius 1 is 1.03 bits per heavy atom. The number of anilines is 1. The lowest BCUT2D eigenvalue weighted by Gasteiger charge is -2.17. The second kappa shape index (κ2) is 9.57. The highest BCUT2D eigenvalue weighted by molar-refractivity contribution is 7.89. The lowest BCUT2D eigenvalue weighted by molar-refractivity contribution is -0.118. The molecule has 0 unspecified atom stereocenters. The van der Waals surface area contributed by atoms with Gasteiger partial charge in [-0.05, 0) is 72.4 Å². The maximum absolute atomic E-state index is 13.3. The molecule has 2 aliphatic rings. The molecule has 0 spiro atoms. The SMILES string of the molecule is CC[C@H](CO)NS(=O)(=O)c1ccc(-c2cccc(NC(=O)C3(c4ccc5c(c4)OCO5)CC3)c2)cc1.[HH]. The molecule has 9 heteroatoms. The van der Waals surface area contributed by atoms with Crippen LogP contribution in [0.4, 0.5) is 5.69 Å². The third kappa shape index (κ3) is 4.69. The van der Waals surface area contributed by atoms with Gasteiger partial charge in [0.15, 0.2) is 11.5 Å². The van der Waals surface area contributed by atoms with Gasteiger partial charge < -0.3 is 19.9 Å². The molecule has 0 radical (unpaired) electrons. The number of nitrogens with one attached hydrogen (secondary N) is 2. The van der Waals surface area contributed by atoms with Crippen LogP contribution in [0, 0.1) is 0 Å². The van der Waals surface area contributed by atoms with Crippen molar-refractivity contribution < 1.29 is 29.2 Å². The number of ether oxygens (including phenoxy) is 2. The van der Waals surface area contributed by atoms with Crippen molar-refractivity contribution in [2.75, 3.05) is 18.7 Å². The first-order valence-corrected chi connectivity index (χ1v) is 13.4. The molecule has 5 rings (SSSR count). The normalized spacial score (nSPS) is 16.4. The van der Waals surface area contributed by atoms with Gasteiger partial charge in [-0.1, -0.05) is 37.3 Å². The number of aliphatic hydroxyl groups is 1. The molecule has 36 heavy (non-hydrogen) atoms. The molecule has 1 aliphatic heterocycles. The van der Waals surface area contributed by atoms with E-state index in [1.807, 2.05) is 42.5 Å². The van der Waals surface area contributed by atoms with E-state index in [1.165, 1.54) is 12.1 Å². The zero-order valence-electron chi connectivity index (χ0n) is 19.9. The average molecular weight is 511 g/mol. The van der Waals surface area contributed by atoms with Crippen molar-refractivity contribution in [3.05, 3.63) is 72.3 Å². The summed E-state index contributed by atoms with van der Waals surface area (Å²) in [7, 11) is -3.73. The first-order chi connectivity index (χ1) is 17.3. The van der Waals surface area contributed by atoms with Crippen LogP contribution < -0.4 is 19.5 Å². The Balaban J connectivity index is 0.00000320. The van der Waals surface area contributed by atoms with Gasteiger partial charge in [0, 0.05) is 13.2 Å². The molecule has 1 amide bonds. The lowest BCUT2D eigenvalue weighted by Crippen LogP contribution is -2.36. The molecular weight excluding hydrogens is 480 g/mol. The van der Waals surface area contributed by atoms with E-state index in [1.54, 1.807) is 19.1 Å². The largest absolute Gasteiger partial charge is 0.454 e. The van der Waals surface area contributed by atoms with Crippen molar-refractivity contribution in [1.82, 2.24) is 4.72 Å². The number of amides is 1. The van der Waals surface area contributed by atoms with Crippen molar-refractivity contribution in [3.63, 3.8) is 0 Å². The summed E-state index contributed by atoms with van der Waals surface area (Å²) in [5.74, 6) is 1.28. The Labute approximate surface area is 211 Å². The smallest absolute Gasteiger partial charge is 0.240 e. The molecule has 190 valence electrons. The standard InChI is InChI=1S/C27H28N2O6S.H2/c1-2-21(16-30)29-36(32,33)23-9-6-18(7-10-23)19-4-3-5-22(14-19)28-26(31)27(12-13-27)20-8-11-24-25(15-20)35-17-34-24;/h3-11,14-15,21,29-30H,2,12-13,16-17H2,1H3,(H,28,31);1H/t21-;/m1./s1. The molecule has 1 saturated carbocycles. The minimum absolute atomic E-state index is 0. The van der Waals surface area contributed by atoms with E-state index in [9.17, 15) is 18.3 Å². The van der Waals surface area contributed by atoms with Crippen LogP contribution in [0.1, 0.15) is 33.2 Å². The molecule has 1 aliphatic carbocycles. The van der Waals surface area contributed by atoms with Crippen molar-refractivity contribution in [3.8, 4) is 22.6 Å². The maximum atomic E-state index is 13.3. The van der Waals surface area contributed by atoms with Gasteiger partial charge in [-0.2, -0.15) is 0 Å². The molecular formula is C27H30N2O6S. The van der Waals surface area contributed by atoms with E-state index in [-0.39, 0.29) is 25.6 Å². The third-order valence-corrected chi connectivity index (χ3v) is 8.30. The molecule has 0 aromatic heterocycles. The van der Waals surface area contributed by atoms with Crippen LogP contribution in [0.3, 0.4) is 0 Å². The zero-order valence-corrected chi connectivity index (χ0v) is 20.7. The minimum Gasteiger partial charge on any atom is -0.454 e. The van der Waals surface area contributed by atoms with Crippen molar-refractivity contribution >= 4 is 21.6 Å². The van der Waals surface area contributed by atoms with Crippen LogP contribution in [0.2, 0.25) is 0 Å². The highest BCUT2D eigenvalue weighted by atomic mass is 32.2. The number of aliphatic hydroxyl groups excluding tert-OH is 1. The zero-order chi connectivity index (χ0) is 25.3. The summed E-state index contributed by atoms with van der Waals surface area (Å²) in [4.78, 5) is 13.4. The van der Waals surface area contributed by atoms with Gasteiger partial charge in [0.2, 0.25) is 22.7 Å². The summed E-state index contributed by atoms with van der Waals surface area (Å²) in [6, 6.07) is 19.1. The number of fused-ring (bicyclic) bond motifs is 1. The van der Waals surface area contributed by atoms with E-state index in [2.05, 4.69) is 10.0 Å². The van der Waals surface area contributed by atoms with Crippen LogP contribution in [0.5, 0.6) is 11.5 Å². The predicted octanol–water partition coefficient (Wildman–Crippen LogP) is 4.05. The number of hydrogen-bond acceptors (Lipinski definition) is 6. The van der Waals surface area contributed by atoms with Crippen molar-refractivity contribution in [2.24, 2.45) is 0 Å². The quantitative estimate of drug-likeness (QED) is 0.400. The van der Waals surface area contributed by atoms with Crippen LogP contribution in [0.25, 0.3) is 11.1 Å². The maximum Gasteiger partial charge on any atom is 0.240 e. The summed E-state index contributed by atoms with van der Waals surface area (Å²) >= 11 is 0. The van der Waals surface area contributed by atoms with Crippen LogP contribution in [-0.4, -0.2) is 38.9 Å². The van der Waals surface area contributed by atoms with Gasteiger partial charge in [0.25, 0.3) is 0 Å². The number of carbonyl (C=O) groups excluding carboxylic acids is 1. The fraction of sp³-hybridized carbons (Fsp3) is 0.296. The first-order valence-electron chi connectivity index (χ1n) is 11.9. The minimum atomic E-state index is -3.73. The van der Waals surface area contributed by atoms with Gasteiger partial charge in [0.1, 0.15) is 0 Å². The molecule has 0 bridgehead atoms. The van der Waals surface area contributed by atoms with Crippen LogP contribution in [0.15, 0.2) is 71.6 Å². The van der Waals surface area contributed by atoms with Gasteiger partial charge in [-0.25, -0.2) is 13.1 Å². The van der Waals surface area contributed by atoms with E-state index >= 15 is 0 Å². The molecule has 3 aromatic carbocycles. The Morgan fingerprint density at radius 3 is 2.47 bits per heavy atom. The summed E-state index contributed by atoms with van der Waals surface area (Å²) in [5.41, 5.74) is 2.66. The topological polar surface area (TPSA) is 114 Å². The van der Waals surface area contributed by atoms with Gasteiger partial charge >= 0.3 is 0 Å². The molecule has 1 heterocycles. The Bertz CT molecular complexity index is 1390. The fourth-order valence-corrected chi connectivity index (χ4v) is 5.67.